The summed E-state index contributed by atoms with van der Waals surface area (Å²) in [4.78, 5) is 17.1. The van der Waals surface area contributed by atoms with Gasteiger partial charge in [0.15, 0.2) is 5.82 Å². The molecule has 0 atom stereocenters. The third kappa shape index (κ3) is 1.82. The van der Waals surface area contributed by atoms with E-state index >= 15 is 0 Å². The van der Waals surface area contributed by atoms with Gasteiger partial charge >= 0.3 is 5.69 Å². The lowest BCUT2D eigenvalue weighted by Gasteiger charge is -2.09. The first kappa shape index (κ1) is 14.8. The van der Waals surface area contributed by atoms with Gasteiger partial charge in [0, 0.05) is 29.6 Å². The van der Waals surface area contributed by atoms with Crippen molar-refractivity contribution in [1.29, 1.82) is 0 Å². The van der Waals surface area contributed by atoms with Gasteiger partial charge in [-0.25, -0.2) is 9.18 Å². The van der Waals surface area contributed by atoms with Crippen LogP contribution in [0.25, 0.3) is 38.4 Å². The Kier molecular flexibility index (Phi) is 3.00. The van der Waals surface area contributed by atoms with Crippen molar-refractivity contribution >= 4 is 27.3 Å². The summed E-state index contributed by atoms with van der Waals surface area (Å²) >= 11 is 0. The summed E-state index contributed by atoms with van der Waals surface area (Å²) < 4.78 is 17.7. The summed E-state index contributed by atoms with van der Waals surface area (Å²) in [6.07, 6.45) is 2.78. The number of nitrogens with zero attached hydrogens (tertiary/aromatic N) is 3. The molecule has 0 unspecified atom stereocenters. The molecule has 26 heavy (non-hydrogen) atoms. The van der Waals surface area contributed by atoms with Crippen molar-refractivity contribution in [2.45, 2.75) is 0 Å². The predicted molar refractivity (Wildman–Crippen MR) is 101 cm³/mol. The Labute approximate surface area is 147 Å². The molecule has 4 nitrogen and oxygen atoms in total. The minimum absolute atomic E-state index is 0.264. The van der Waals surface area contributed by atoms with Crippen LogP contribution in [-0.2, 0) is 7.05 Å². The smallest absolute Gasteiger partial charge is 0.296 e. The second-order valence-corrected chi connectivity index (χ2v) is 6.30. The van der Waals surface area contributed by atoms with Crippen LogP contribution in [0.15, 0.2) is 71.8 Å². The van der Waals surface area contributed by atoms with Crippen LogP contribution in [0.4, 0.5) is 4.39 Å². The topological polar surface area (TPSA) is 39.3 Å². The molecule has 0 aliphatic carbocycles. The fourth-order valence-electron chi connectivity index (χ4n) is 3.75. The average molecular weight is 343 g/mol. The number of hydrogen-bond acceptors (Lipinski definition) is 2. The second kappa shape index (κ2) is 5.26. The maximum absolute atomic E-state index is 14.7. The van der Waals surface area contributed by atoms with Crippen molar-refractivity contribution in [1.82, 2.24) is 14.0 Å². The molecule has 2 aromatic carbocycles. The molecule has 5 rings (SSSR count). The van der Waals surface area contributed by atoms with E-state index in [0.717, 1.165) is 28.2 Å². The fraction of sp³-hybridized carbons (Fsp3) is 0.0476. The van der Waals surface area contributed by atoms with Crippen LogP contribution in [0, 0.1) is 5.82 Å². The van der Waals surface area contributed by atoms with Crippen molar-refractivity contribution in [3.05, 3.63) is 83.3 Å². The van der Waals surface area contributed by atoms with E-state index in [9.17, 15) is 9.18 Å². The van der Waals surface area contributed by atoms with Crippen molar-refractivity contribution < 1.29 is 4.39 Å². The van der Waals surface area contributed by atoms with Gasteiger partial charge in [0.05, 0.1) is 22.7 Å². The van der Waals surface area contributed by atoms with Crippen molar-refractivity contribution in [3.63, 3.8) is 0 Å². The Morgan fingerprint density at radius 3 is 2.42 bits per heavy atom. The zero-order chi connectivity index (χ0) is 17.8. The highest BCUT2D eigenvalue weighted by Gasteiger charge is 2.21. The first-order valence-electron chi connectivity index (χ1n) is 8.29. The molecule has 3 aromatic heterocycles. The number of benzene rings is 2. The summed E-state index contributed by atoms with van der Waals surface area (Å²) in [7, 11) is 1.71. The van der Waals surface area contributed by atoms with Gasteiger partial charge in [-0.1, -0.05) is 48.5 Å². The number of aryl methyl sites for hydroxylation is 1. The van der Waals surface area contributed by atoms with Gasteiger partial charge in [0.1, 0.15) is 0 Å². The molecule has 0 amide bonds. The maximum atomic E-state index is 14.7. The van der Waals surface area contributed by atoms with E-state index in [4.69, 9.17) is 0 Å². The molecule has 0 N–H and O–H groups in total. The van der Waals surface area contributed by atoms with Crippen LogP contribution in [0.5, 0.6) is 0 Å². The quantitative estimate of drug-likeness (QED) is 0.459. The lowest BCUT2D eigenvalue weighted by atomic mass is 10.0. The normalized spacial score (nSPS) is 11.6. The molecule has 0 aliphatic heterocycles. The SMILES string of the molecule is Cn1c(=O)n2c3c(F)cncc3c(-c3ccccc3)c2c2ccccc21. The Balaban J connectivity index is 2.20. The Morgan fingerprint density at radius 1 is 0.885 bits per heavy atom. The average Bonchev–Trinajstić information content (AvgIpc) is 3.03. The lowest BCUT2D eigenvalue weighted by Crippen LogP contribution is -2.24. The maximum Gasteiger partial charge on any atom is 0.333 e. The molecule has 0 aliphatic rings. The van der Waals surface area contributed by atoms with Crippen molar-refractivity contribution in [3.8, 4) is 11.1 Å². The Bertz CT molecular complexity index is 1370. The van der Waals surface area contributed by atoms with E-state index in [2.05, 4.69) is 4.98 Å². The van der Waals surface area contributed by atoms with E-state index in [1.54, 1.807) is 17.8 Å². The summed E-state index contributed by atoms with van der Waals surface area (Å²) in [5.74, 6) is -0.507. The molecule has 0 saturated carbocycles. The van der Waals surface area contributed by atoms with Gasteiger partial charge in [-0.3, -0.25) is 14.0 Å². The second-order valence-electron chi connectivity index (χ2n) is 6.30. The van der Waals surface area contributed by atoms with Crippen molar-refractivity contribution in [2.75, 3.05) is 0 Å². The molecule has 0 fully saturated rings. The first-order valence-corrected chi connectivity index (χ1v) is 8.29. The Hall–Kier alpha value is -3.47. The number of halogens is 1. The molecule has 0 radical (unpaired) electrons. The van der Waals surface area contributed by atoms with Crippen LogP contribution >= 0.6 is 0 Å². The highest BCUT2D eigenvalue weighted by molar-refractivity contribution is 6.13. The van der Waals surface area contributed by atoms with Gasteiger partial charge in [-0.15, -0.1) is 0 Å². The molecule has 5 heteroatoms. The number of rotatable bonds is 1. The highest BCUT2D eigenvalue weighted by Crippen LogP contribution is 2.38. The molecule has 0 spiro atoms. The van der Waals surface area contributed by atoms with Gasteiger partial charge in [-0.05, 0) is 11.6 Å². The number of fused-ring (bicyclic) bond motifs is 5. The Morgan fingerprint density at radius 2 is 1.62 bits per heavy atom. The molecule has 126 valence electrons. The van der Waals surface area contributed by atoms with Crippen LogP contribution < -0.4 is 5.69 Å². The highest BCUT2D eigenvalue weighted by atomic mass is 19.1. The summed E-state index contributed by atoms with van der Waals surface area (Å²) in [5, 5.41) is 1.52. The van der Waals surface area contributed by atoms with E-state index in [1.165, 1.54) is 4.40 Å². The lowest BCUT2D eigenvalue weighted by molar-refractivity contribution is 0.628. The first-order chi connectivity index (χ1) is 12.7. The fourth-order valence-corrected chi connectivity index (χ4v) is 3.75. The van der Waals surface area contributed by atoms with E-state index in [0.29, 0.717) is 10.9 Å². The molecular formula is C21H14FN3O. The predicted octanol–water partition coefficient (Wildman–Crippen LogP) is 4.15. The summed E-state index contributed by atoms with van der Waals surface area (Å²) in [6, 6.07) is 17.4. The molecule has 3 heterocycles. The molecule has 0 saturated heterocycles. The number of pyridine rings is 1. The van der Waals surface area contributed by atoms with Gasteiger partial charge in [-0.2, -0.15) is 0 Å². The van der Waals surface area contributed by atoms with E-state index in [-0.39, 0.29) is 11.2 Å². The van der Waals surface area contributed by atoms with Crippen LogP contribution in [0.2, 0.25) is 0 Å². The van der Waals surface area contributed by atoms with Crippen molar-refractivity contribution in [2.24, 2.45) is 7.05 Å². The third-order valence-corrected chi connectivity index (χ3v) is 4.89. The standard InChI is InChI=1S/C21H14FN3O/c1-24-17-10-6-5-9-14(17)20-18(13-7-3-2-4-8-13)15-11-23-12-16(22)19(15)25(20)21(24)26/h2-12H,1H3. The van der Waals surface area contributed by atoms with E-state index < -0.39 is 5.82 Å². The number of hydrogen-bond donors (Lipinski definition) is 0. The minimum Gasteiger partial charge on any atom is -0.296 e. The van der Waals surface area contributed by atoms with Crippen LogP contribution in [0.3, 0.4) is 0 Å². The van der Waals surface area contributed by atoms with Gasteiger partial charge in [0.25, 0.3) is 0 Å². The zero-order valence-corrected chi connectivity index (χ0v) is 14.0. The molecule has 5 aromatic rings. The summed E-state index contributed by atoms with van der Waals surface area (Å²) in [6.45, 7) is 0. The summed E-state index contributed by atoms with van der Waals surface area (Å²) in [5.41, 5.74) is 3.23. The molecular weight excluding hydrogens is 329 g/mol. The molecule has 0 bridgehead atoms. The zero-order valence-electron chi connectivity index (χ0n) is 14.0. The van der Waals surface area contributed by atoms with E-state index in [1.807, 2.05) is 54.6 Å². The van der Waals surface area contributed by atoms with Gasteiger partial charge < -0.3 is 0 Å². The number of para-hydroxylation sites is 1. The monoisotopic (exact) mass is 343 g/mol. The van der Waals surface area contributed by atoms with Crippen LogP contribution in [-0.4, -0.2) is 14.0 Å². The number of aromatic nitrogens is 3. The van der Waals surface area contributed by atoms with Gasteiger partial charge in [0.2, 0.25) is 0 Å². The van der Waals surface area contributed by atoms with Crippen LogP contribution in [0.1, 0.15) is 0 Å². The minimum atomic E-state index is -0.507. The largest absolute Gasteiger partial charge is 0.333 e. The third-order valence-electron chi connectivity index (χ3n) is 4.89.